The Balaban J connectivity index is 1.61. The molecule has 0 saturated heterocycles. The SMILES string of the molecule is COC(=O)Cc1cccc(CN(Cc2ccc(SCCc3ccccc3)cc2)S(C)(=O)=O)c1. The fourth-order valence-electron chi connectivity index (χ4n) is 3.40. The van der Waals surface area contributed by atoms with Crippen molar-refractivity contribution >= 4 is 27.8 Å². The number of hydrogen-bond acceptors (Lipinski definition) is 5. The highest BCUT2D eigenvalue weighted by Crippen LogP contribution is 2.21. The summed E-state index contributed by atoms with van der Waals surface area (Å²) in [5.74, 6) is 0.662. The summed E-state index contributed by atoms with van der Waals surface area (Å²) >= 11 is 1.79. The van der Waals surface area contributed by atoms with Crippen molar-refractivity contribution in [2.45, 2.75) is 30.8 Å². The van der Waals surface area contributed by atoms with E-state index < -0.39 is 10.0 Å². The van der Waals surface area contributed by atoms with E-state index in [4.69, 9.17) is 4.74 Å². The Labute approximate surface area is 200 Å². The van der Waals surface area contributed by atoms with Gasteiger partial charge in [-0.3, -0.25) is 4.79 Å². The number of hydrogen-bond donors (Lipinski definition) is 0. The van der Waals surface area contributed by atoms with Crippen LogP contribution in [0.25, 0.3) is 0 Å². The zero-order valence-corrected chi connectivity index (χ0v) is 20.6. The van der Waals surface area contributed by atoms with Crippen LogP contribution in [0.1, 0.15) is 22.3 Å². The van der Waals surface area contributed by atoms with E-state index in [0.717, 1.165) is 33.8 Å². The molecule has 0 aliphatic carbocycles. The summed E-state index contributed by atoms with van der Waals surface area (Å²) in [6, 6.07) is 25.8. The van der Waals surface area contributed by atoms with Crippen LogP contribution in [-0.4, -0.2) is 37.8 Å². The third-order valence-corrected chi connectivity index (χ3v) is 7.39. The third-order valence-electron chi connectivity index (χ3n) is 5.18. The Morgan fingerprint density at radius 3 is 2.15 bits per heavy atom. The number of rotatable bonds is 11. The van der Waals surface area contributed by atoms with Gasteiger partial charge in [-0.05, 0) is 40.8 Å². The lowest BCUT2D eigenvalue weighted by Crippen LogP contribution is -2.29. The molecule has 3 aromatic carbocycles. The molecule has 0 aliphatic rings. The maximum atomic E-state index is 12.4. The normalized spacial score (nSPS) is 11.5. The highest BCUT2D eigenvalue weighted by molar-refractivity contribution is 7.99. The van der Waals surface area contributed by atoms with Gasteiger partial charge in [-0.1, -0.05) is 66.7 Å². The smallest absolute Gasteiger partial charge is 0.309 e. The van der Waals surface area contributed by atoms with Crippen LogP contribution in [0.4, 0.5) is 0 Å². The van der Waals surface area contributed by atoms with Crippen LogP contribution in [0.2, 0.25) is 0 Å². The fourth-order valence-corrected chi connectivity index (χ4v) is 5.07. The number of carbonyl (C=O) groups excluding carboxylic acids is 1. The maximum absolute atomic E-state index is 12.4. The summed E-state index contributed by atoms with van der Waals surface area (Å²) in [5.41, 5.74) is 3.87. The van der Waals surface area contributed by atoms with Gasteiger partial charge in [0.15, 0.2) is 0 Å². The van der Waals surface area contributed by atoms with Crippen molar-refractivity contribution in [3.63, 3.8) is 0 Å². The van der Waals surface area contributed by atoms with Gasteiger partial charge in [-0.25, -0.2) is 8.42 Å². The Hall–Kier alpha value is -2.61. The van der Waals surface area contributed by atoms with E-state index in [1.165, 1.54) is 23.2 Å². The van der Waals surface area contributed by atoms with Gasteiger partial charge in [0.25, 0.3) is 0 Å². The molecule has 3 aromatic rings. The Morgan fingerprint density at radius 1 is 0.848 bits per heavy atom. The Morgan fingerprint density at radius 2 is 1.48 bits per heavy atom. The van der Waals surface area contributed by atoms with Crippen LogP contribution in [0, 0.1) is 0 Å². The van der Waals surface area contributed by atoms with E-state index in [0.29, 0.717) is 0 Å². The van der Waals surface area contributed by atoms with Crippen LogP contribution in [0.15, 0.2) is 83.8 Å². The highest BCUT2D eigenvalue weighted by atomic mass is 32.2. The summed E-state index contributed by atoms with van der Waals surface area (Å²) in [6.45, 7) is 0.524. The van der Waals surface area contributed by atoms with Crippen LogP contribution in [-0.2, 0) is 45.5 Å². The molecule has 0 spiro atoms. The second-order valence-corrected chi connectivity index (χ2v) is 11.0. The first kappa shape index (κ1) is 25.0. The number of carbonyl (C=O) groups is 1. The molecule has 0 heterocycles. The minimum absolute atomic E-state index is 0.159. The van der Waals surface area contributed by atoms with E-state index in [1.807, 2.05) is 54.6 Å². The van der Waals surface area contributed by atoms with E-state index >= 15 is 0 Å². The van der Waals surface area contributed by atoms with Crippen molar-refractivity contribution in [3.8, 4) is 0 Å². The number of nitrogens with zero attached hydrogens (tertiary/aromatic N) is 1. The average Bonchev–Trinajstić information content (AvgIpc) is 2.80. The molecule has 0 radical (unpaired) electrons. The van der Waals surface area contributed by atoms with Crippen LogP contribution in [0.3, 0.4) is 0 Å². The second kappa shape index (κ2) is 12.0. The predicted molar refractivity (Wildman–Crippen MR) is 134 cm³/mol. The first-order valence-electron chi connectivity index (χ1n) is 10.7. The van der Waals surface area contributed by atoms with Gasteiger partial charge in [0.05, 0.1) is 19.8 Å². The molecule has 174 valence electrons. The van der Waals surface area contributed by atoms with Gasteiger partial charge in [0, 0.05) is 23.7 Å². The third kappa shape index (κ3) is 8.35. The van der Waals surface area contributed by atoms with Crippen LogP contribution in [0.5, 0.6) is 0 Å². The molecule has 0 N–H and O–H groups in total. The van der Waals surface area contributed by atoms with Gasteiger partial charge in [0.2, 0.25) is 10.0 Å². The molecule has 3 rings (SSSR count). The van der Waals surface area contributed by atoms with Crippen molar-refractivity contribution in [1.82, 2.24) is 4.31 Å². The summed E-state index contributed by atoms with van der Waals surface area (Å²) < 4.78 is 31.0. The number of aryl methyl sites for hydroxylation is 1. The van der Waals surface area contributed by atoms with Gasteiger partial charge in [0.1, 0.15) is 0 Å². The zero-order valence-electron chi connectivity index (χ0n) is 18.9. The largest absolute Gasteiger partial charge is 0.469 e. The molecular formula is C26H29NO4S2. The van der Waals surface area contributed by atoms with Crippen molar-refractivity contribution in [1.29, 1.82) is 0 Å². The van der Waals surface area contributed by atoms with E-state index in [-0.39, 0.29) is 25.5 Å². The van der Waals surface area contributed by atoms with Crippen LogP contribution < -0.4 is 0 Å². The lowest BCUT2D eigenvalue weighted by Gasteiger charge is -2.20. The van der Waals surface area contributed by atoms with Gasteiger partial charge < -0.3 is 4.74 Å². The first-order chi connectivity index (χ1) is 15.8. The lowest BCUT2D eigenvalue weighted by atomic mass is 10.1. The number of ether oxygens (including phenoxy) is 1. The molecule has 0 amide bonds. The molecule has 0 aromatic heterocycles. The molecule has 0 bridgehead atoms. The summed E-state index contributed by atoms with van der Waals surface area (Å²) in [6.07, 6.45) is 2.38. The van der Waals surface area contributed by atoms with Gasteiger partial charge in [-0.15, -0.1) is 11.8 Å². The highest BCUT2D eigenvalue weighted by Gasteiger charge is 2.18. The molecule has 5 nitrogen and oxygen atoms in total. The van der Waals surface area contributed by atoms with Crippen molar-refractivity contribution in [2.75, 3.05) is 19.1 Å². The minimum Gasteiger partial charge on any atom is -0.469 e. The van der Waals surface area contributed by atoms with E-state index in [9.17, 15) is 13.2 Å². The molecule has 33 heavy (non-hydrogen) atoms. The van der Waals surface area contributed by atoms with Gasteiger partial charge in [-0.2, -0.15) is 4.31 Å². The van der Waals surface area contributed by atoms with Crippen LogP contribution >= 0.6 is 11.8 Å². The minimum atomic E-state index is -3.42. The monoisotopic (exact) mass is 483 g/mol. The lowest BCUT2D eigenvalue weighted by molar-refractivity contribution is -0.139. The number of thioether (sulfide) groups is 1. The quantitative estimate of drug-likeness (QED) is 0.292. The molecule has 0 unspecified atom stereocenters. The standard InChI is InChI=1S/C26H29NO4S2/c1-31-26(28)18-23-9-6-10-24(17-23)20-27(33(2,29)30)19-22-11-13-25(14-12-22)32-16-15-21-7-4-3-5-8-21/h3-14,17H,15-16,18-20H2,1-2H3. The molecular weight excluding hydrogens is 454 g/mol. The predicted octanol–water partition coefficient (Wildman–Crippen LogP) is 4.70. The molecule has 0 fully saturated rings. The summed E-state index contributed by atoms with van der Waals surface area (Å²) in [5, 5.41) is 0. The fraction of sp³-hybridized carbons (Fsp3) is 0.269. The Bertz CT molecular complexity index is 1150. The number of methoxy groups -OCH3 is 1. The first-order valence-corrected chi connectivity index (χ1v) is 13.5. The second-order valence-electron chi connectivity index (χ2n) is 7.83. The summed E-state index contributed by atoms with van der Waals surface area (Å²) in [4.78, 5) is 12.7. The molecule has 0 saturated carbocycles. The average molecular weight is 484 g/mol. The summed E-state index contributed by atoms with van der Waals surface area (Å²) in [7, 11) is -2.07. The number of esters is 1. The van der Waals surface area contributed by atoms with E-state index in [2.05, 4.69) is 24.3 Å². The van der Waals surface area contributed by atoms with E-state index in [1.54, 1.807) is 11.8 Å². The topological polar surface area (TPSA) is 63.7 Å². The Kier molecular flexibility index (Phi) is 9.11. The van der Waals surface area contributed by atoms with Crippen molar-refractivity contribution < 1.29 is 17.9 Å². The molecule has 0 atom stereocenters. The zero-order chi connectivity index (χ0) is 23.7. The number of benzene rings is 3. The van der Waals surface area contributed by atoms with Crippen molar-refractivity contribution in [3.05, 3.63) is 101 Å². The van der Waals surface area contributed by atoms with Crippen molar-refractivity contribution in [2.24, 2.45) is 0 Å². The number of sulfonamides is 1. The molecule has 0 aliphatic heterocycles. The maximum Gasteiger partial charge on any atom is 0.309 e. The molecule has 7 heteroatoms. The van der Waals surface area contributed by atoms with Gasteiger partial charge >= 0.3 is 5.97 Å².